The summed E-state index contributed by atoms with van der Waals surface area (Å²) in [5.41, 5.74) is -1.05. The van der Waals surface area contributed by atoms with E-state index < -0.39 is 28.5 Å². The van der Waals surface area contributed by atoms with E-state index in [9.17, 15) is 18.8 Å². The average molecular weight is 460 g/mol. The fraction of sp³-hybridized carbons (Fsp3) is 0.0833. The van der Waals surface area contributed by atoms with E-state index in [2.05, 4.69) is 15.0 Å². The second-order valence-corrected chi connectivity index (χ2v) is 8.07. The van der Waals surface area contributed by atoms with E-state index in [-0.39, 0.29) is 34.2 Å². The highest BCUT2D eigenvalue weighted by Gasteiger charge is 2.21. The minimum absolute atomic E-state index is 0.0375. The van der Waals surface area contributed by atoms with Gasteiger partial charge in [-0.3, -0.25) is 9.78 Å². The maximum Gasteiger partial charge on any atom is 0.362 e. The van der Waals surface area contributed by atoms with Gasteiger partial charge < -0.3 is 14.0 Å². The number of nitrogens with zero attached hydrogens (tertiary/aromatic N) is 2. The van der Waals surface area contributed by atoms with Gasteiger partial charge in [-0.05, 0) is 48.9 Å². The van der Waals surface area contributed by atoms with Crippen LogP contribution in [0, 0.1) is 18.6 Å². The van der Waals surface area contributed by atoms with Crippen LogP contribution in [0.15, 0.2) is 61.4 Å². The Morgan fingerprint density at radius 3 is 2.65 bits per heavy atom. The van der Waals surface area contributed by atoms with Gasteiger partial charge in [-0.25, -0.2) is 23.4 Å². The summed E-state index contributed by atoms with van der Waals surface area (Å²) in [5.74, 6) is -1.19. The minimum Gasteiger partial charge on any atom is -0.402 e. The molecule has 0 fully saturated rings. The molecule has 2 N–H and O–H groups in total. The van der Waals surface area contributed by atoms with E-state index >= 15 is 4.39 Å². The van der Waals surface area contributed by atoms with E-state index in [1.165, 1.54) is 22.9 Å². The molecule has 168 valence electrons. The van der Waals surface area contributed by atoms with Crippen LogP contribution in [0.4, 0.5) is 8.78 Å². The summed E-state index contributed by atoms with van der Waals surface area (Å²) < 4.78 is 36.5. The maximum absolute atomic E-state index is 15.0. The van der Waals surface area contributed by atoms with Gasteiger partial charge in [0.25, 0.3) is 5.56 Å². The summed E-state index contributed by atoms with van der Waals surface area (Å²) in [6, 6.07) is 8.69. The first-order valence-electron chi connectivity index (χ1n) is 10.3. The molecule has 0 saturated heterocycles. The molecule has 0 amide bonds. The number of hydrogen-bond donors (Lipinski definition) is 2. The van der Waals surface area contributed by atoms with Crippen molar-refractivity contribution in [3.8, 4) is 0 Å². The zero-order valence-electron chi connectivity index (χ0n) is 17.5. The van der Waals surface area contributed by atoms with Crippen LogP contribution in [0.2, 0.25) is 0 Å². The predicted molar refractivity (Wildman–Crippen MR) is 122 cm³/mol. The first kappa shape index (κ1) is 20.0. The number of benzene rings is 2. The zero-order chi connectivity index (χ0) is 23.7. The van der Waals surface area contributed by atoms with Gasteiger partial charge in [0.1, 0.15) is 17.2 Å². The van der Waals surface area contributed by atoms with Crippen LogP contribution >= 0.6 is 0 Å². The molecule has 10 heteroatoms. The SMILES string of the molecule is Cc1cc2c3c4cccnc4oc(=O)c3n(Cc3cc4c(=O)[nH]c(=O)[nH]c4cc3F)c2cc1F. The number of hydrogen-bond acceptors (Lipinski definition) is 5. The van der Waals surface area contributed by atoms with E-state index in [0.717, 1.165) is 6.07 Å². The molecular formula is C24H14F2N4O4. The highest BCUT2D eigenvalue weighted by Crippen LogP contribution is 2.34. The molecule has 4 aromatic heterocycles. The molecule has 4 heterocycles. The number of fused-ring (bicyclic) bond motifs is 6. The van der Waals surface area contributed by atoms with Crippen LogP contribution < -0.4 is 16.9 Å². The third-order valence-corrected chi connectivity index (χ3v) is 6.00. The van der Waals surface area contributed by atoms with Gasteiger partial charge in [0.05, 0.1) is 23.0 Å². The summed E-state index contributed by atoms with van der Waals surface area (Å²) in [7, 11) is 0. The largest absolute Gasteiger partial charge is 0.402 e. The third kappa shape index (κ3) is 2.81. The number of nitrogens with one attached hydrogen (secondary N) is 2. The number of aromatic amines is 2. The molecule has 0 aliphatic carbocycles. The Balaban J connectivity index is 1.72. The van der Waals surface area contributed by atoms with Crippen molar-refractivity contribution in [2.45, 2.75) is 13.5 Å². The normalized spacial score (nSPS) is 11.9. The summed E-state index contributed by atoms with van der Waals surface area (Å²) in [6.07, 6.45) is 1.49. The standard InChI is InChI=1S/C24H14F2N4O4/c1-10-5-14-18(8-15(10)25)30(20-19(14)12-3-2-4-27-22(12)34-23(20)32)9-11-6-13-17(7-16(11)26)28-24(33)29-21(13)31/h2-8H,9H2,1H3,(H2,28,29,31,33). The Morgan fingerprint density at radius 2 is 1.82 bits per heavy atom. The second-order valence-electron chi connectivity index (χ2n) is 8.07. The van der Waals surface area contributed by atoms with Crippen molar-refractivity contribution in [3.63, 3.8) is 0 Å². The van der Waals surface area contributed by atoms with Gasteiger partial charge in [0, 0.05) is 27.9 Å². The molecule has 0 unspecified atom stereocenters. The third-order valence-electron chi connectivity index (χ3n) is 6.00. The number of aryl methyl sites for hydroxylation is 1. The summed E-state index contributed by atoms with van der Waals surface area (Å²) in [6.45, 7) is 1.42. The van der Waals surface area contributed by atoms with Crippen LogP contribution in [0.3, 0.4) is 0 Å². The quantitative estimate of drug-likeness (QED) is 0.411. The molecule has 34 heavy (non-hydrogen) atoms. The van der Waals surface area contributed by atoms with Crippen molar-refractivity contribution in [1.82, 2.24) is 19.5 Å². The van der Waals surface area contributed by atoms with Gasteiger partial charge in [0.15, 0.2) is 0 Å². The molecule has 0 spiro atoms. The molecular weight excluding hydrogens is 446 g/mol. The van der Waals surface area contributed by atoms with Crippen molar-refractivity contribution in [2.75, 3.05) is 0 Å². The van der Waals surface area contributed by atoms with Crippen molar-refractivity contribution in [2.24, 2.45) is 0 Å². The molecule has 6 rings (SSSR count). The number of halogens is 2. The van der Waals surface area contributed by atoms with Gasteiger partial charge in [-0.2, -0.15) is 0 Å². The maximum atomic E-state index is 15.0. The number of H-pyrrole nitrogens is 2. The predicted octanol–water partition coefficient (Wildman–Crippen LogP) is 3.46. The lowest BCUT2D eigenvalue weighted by molar-refractivity contribution is 0.552. The first-order chi connectivity index (χ1) is 16.3. The Labute approximate surface area is 187 Å². The Bertz CT molecular complexity index is 2000. The van der Waals surface area contributed by atoms with E-state index in [4.69, 9.17) is 4.42 Å². The summed E-state index contributed by atoms with van der Waals surface area (Å²) in [4.78, 5) is 45.4. The molecule has 0 radical (unpaired) electrons. The monoisotopic (exact) mass is 460 g/mol. The van der Waals surface area contributed by atoms with Crippen molar-refractivity contribution < 1.29 is 13.2 Å². The minimum atomic E-state index is -0.754. The van der Waals surface area contributed by atoms with E-state index in [0.29, 0.717) is 27.2 Å². The van der Waals surface area contributed by atoms with Gasteiger partial charge in [-0.1, -0.05) is 0 Å². The Kier molecular flexibility index (Phi) is 4.09. The Hall–Kier alpha value is -4.60. The van der Waals surface area contributed by atoms with Gasteiger partial charge >= 0.3 is 11.3 Å². The van der Waals surface area contributed by atoms with Crippen LogP contribution in [0.25, 0.3) is 43.8 Å². The molecule has 0 aliphatic heterocycles. The number of rotatable bonds is 2. The van der Waals surface area contributed by atoms with E-state index in [1.54, 1.807) is 25.1 Å². The van der Waals surface area contributed by atoms with Gasteiger partial charge in [-0.15, -0.1) is 0 Å². The summed E-state index contributed by atoms with van der Waals surface area (Å²) >= 11 is 0. The highest BCUT2D eigenvalue weighted by atomic mass is 19.1. The van der Waals surface area contributed by atoms with Crippen LogP contribution in [-0.2, 0) is 6.54 Å². The lowest BCUT2D eigenvalue weighted by Crippen LogP contribution is -2.22. The van der Waals surface area contributed by atoms with Crippen LogP contribution in [0.1, 0.15) is 11.1 Å². The zero-order valence-corrected chi connectivity index (χ0v) is 17.5. The molecule has 0 bridgehead atoms. The molecule has 0 aliphatic rings. The molecule has 0 atom stereocenters. The summed E-state index contributed by atoms with van der Waals surface area (Å²) in [5, 5.41) is 1.73. The average Bonchev–Trinajstić information content (AvgIpc) is 3.09. The molecule has 6 aromatic rings. The highest BCUT2D eigenvalue weighted by molar-refractivity contribution is 6.18. The molecule has 8 nitrogen and oxygen atoms in total. The molecule has 0 saturated carbocycles. The van der Waals surface area contributed by atoms with Crippen LogP contribution in [-0.4, -0.2) is 19.5 Å². The van der Waals surface area contributed by atoms with Gasteiger partial charge in [0.2, 0.25) is 5.71 Å². The van der Waals surface area contributed by atoms with Crippen LogP contribution in [0.5, 0.6) is 0 Å². The topological polar surface area (TPSA) is 114 Å². The van der Waals surface area contributed by atoms with Crippen molar-refractivity contribution in [3.05, 3.63) is 96.6 Å². The Morgan fingerprint density at radius 1 is 1.00 bits per heavy atom. The lowest BCUT2D eigenvalue weighted by Gasteiger charge is -2.10. The number of pyridine rings is 1. The smallest absolute Gasteiger partial charge is 0.362 e. The number of aromatic nitrogens is 4. The lowest BCUT2D eigenvalue weighted by atomic mass is 10.1. The van der Waals surface area contributed by atoms with Crippen molar-refractivity contribution >= 4 is 43.8 Å². The first-order valence-corrected chi connectivity index (χ1v) is 10.3. The fourth-order valence-electron chi connectivity index (χ4n) is 4.45. The second kappa shape index (κ2) is 6.95. The van der Waals surface area contributed by atoms with Crippen molar-refractivity contribution in [1.29, 1.82) is 0 Å². The van der Waals surface area contributed by atoms with E-state index in [1.807, 2.05) is 0 Å². The fourth-order valence-corrected chi connectivity index (χ4v) is 4.45. The molecule has 2 aromatic carbocycles.